The number of hydrogen-bond acceptors (Lipinski definition) is 4. The van der Waals surface area contributed by atoms with Crippen LogP contribution < -0.4 is 20.1 Å². The Kier molecular flexibility index (Phi) is 7.11. The number of ether oxygens (including phenoxy) is 2. The lowest BCUT2D eigenvalue weighted by atomic mass is 10.0. The molecule has 0 aromatic heterocycles. The Morgan fingerprint density at radius 3 is 2.83 bits per heavy atom. The number of rotatable bonds is 10. The van der Waals surface area contributed by atoms with E-state index in [1.165, 1.54) is 0 Å². The van der Waals surface area contributed by atoms with Gasteiger partial charge in [0.1, 0.15) is 11.5 Å². The minimum absolute atomic E-state index is 0.0341. The molecule has 0 saturated heterocycles. The molecule has 0 aliphatic carbocycles. The smallest absolute Gasteiger partial charge is 0.228 e. The van der Waals surface area contributed by atoms with Gasteiger partial charge in [0.05, 0.1) is 25.8 Å². The monoisotopic (exact) mass is 396 g/mol. The molecule has 0 saturated carbocycles. The third-order valence-electron chi connectivity index (χ3n) is 4.88. The largest absolute Gasteiger partial charge is 0.497 e. The van der Waals surface area contributed by atoms with Crippen molar-refractivity contribution in [3.8, 4) is 11.5 Å². The number of anilines is 2. The Balaban J connectivity index is 1.54. The first kappa shape index (κ1) is 20.7. The van der Waals surface area contributed by atoms with Crippen LogP contribution in [0.15, 0.2) is 36.4 Å². The second-order valence-electron chi connectivity index (χ2n) is 7.18. The van der Waals surface area contributed by atoms with Gasteiger partial charge >= 0.3 is 0 Å². The van der Waals surface area contributed by atoms with Crippen LogP contribution in [0.4, 0.5) is 11.4 Å². The molecule has 2 N–H and O–H groups in total. The summed E-state index contributed by atoms with van der Waals surface area (Å²) in [5, 5.41) is 5.78. The second-order valence-corrected chi connectivity index (χ2v) is 7.18. The van der Waals surface area contributed by atoms with E-state index >= 15 is 0 Å². The van der Waals surface area contributed by atoms with Crippen molar-refractivity contribution >= 4 is 23.2 Å². The molecule has 1 aliphatic rings. The Morgan fingerprint density at radius 2 is 2.03 bits per heavy atom. The van der Waals surface area contributed by atoms with Crippen LogP contribution in [0.1, 0.15) is 43.7 Å². The van der Waals surface area contributed by atoms with E-state index in [0.29, 0.717) is 36.6 Å². The molecule has 0 unspecified atom stereocenters. The quantitative estimate of drug-likeness (QED) is 0.586. The molecule has 6 heteroatoms. The zero-order valence-corrected chi connectivity index (χ0v) is 17.0. The maximum absolute atomic E-state index is 12.5. The summed E-state index contributed by atoms with van der Waals surface area (Å²) in [7, 11) is 1.60. The van der Waals surface area contributed by atoms with Gasteiger partial charge in [-0.05, 0) is 48.6 Å². The highest BCUT2D eigenvalue weighted by Crippen LogP contribution is 2.30. The predicted molar refractivity (Wildman–Crippen MR) is 114 cm³/mol. The molecule has 154 valence electrons. The van der Waals surface area contributed by atoms with Crippen molar-refractivity contribution < 1.29 is 19.1 Å². The Hall–Kier alpha value is -3.02. The number of fused-ring (bicyclic) bond motifs is 1. The van der Waals surface area contributed by atoms with E-state index in [4.69, 9.17) is 9.47 Å². The Morgan fingerprint density at radius 1 is 1.17 bits per heavy atom. The standard InChI is InChI=1S/C23H28N2O4/c1-3-4-12-29-21-11-9-18(28-2)15-20(21)25-22(26)7-5-6-16-8-10-19-17(13-16)14-23(27)24-19/h8-11,13,15H,3-7,12,14H2,1-2H3,(H,24,27)(H,25,26). The lowest BCUT2D eigenvalue weighted by molar-refractivity contribution is -0.116. The number of benzene rings is 2. The molecule has 1 aliphatic heterocycles. The number of amides is 2. The van der Waals surface area contributed by atoms with Crippen LogP contribution >= 0.6 is 0 Å². The summed E-state index contributed by atoms with van der Waals surface area (Å²) in [6.45, 7) is 2.72. The third kappa shape index (κ3) is 5.73. The summed E-state index contributed by atoms with van der Waals surface area (Å²) in [5.74, 6) is 1.30. The minimum atomic E-state index is -0.0587. The van der Waals surface area contributed by atoms with Crippen molar-refractivity contribution in [3.05, 3.63) is 47.5 Å². The summed E-state index contributed by atoms with van der Waals surface area (Å²) in [6.07, 6.45) is 4.35. The molecule has 1 heterocycles. The van der Waals surface area contributed by atoms with Crippen LogP contribution in [-0.4, -0.2) is 25.5 Å². The lowest BCUT2D eigenvalue weighted by Crippen LogP contribution is -2.13. The van der Waals surface area contributed by atoms with Gasteiger partial charge in [0.2, 0.25) is 11.8 Å². The molecular weight excluding hydrogens is 368 g/mol. The topological polar surface area (TPSA) is 76.7 Å². The number of nitrogens with one attached hydrogen (secondary N) is 2. The Labute approximate surface area is 171 Å². The van der Waals surface area contributed by atoms with E-state index in [9.17, 15) is 9.59 Å². The van der Waals surface area contributed by atoms with Crippen LogP contribution in [0.2, 0.25) is 0 Å². The van der Waals surface area contributed by atoms with E-state index in [0.717, 1.165) is 42.5 Å². The van der Waals surface area contributed by atoms with Crippen LogP contribution in [0.5, 0.6) is 11.5 Å². The molecule has 2 aromatic carbocycles. The van der Waals surface area contributed by atoms with Gasteiger partial charge in [0.15, 0.2) is 0 Å². The van der Waals surface area contributed by atoms with Gasteiger partial charge in [0, 0.05) is 18.2 Å². The van der Waals surface area contributed by atoms with Crippen molar-refractivity contribution in [1.29, 1.82) is 0 Å². The molecule has 6 nitrogen and oxygen atoms in total. The van der Waals surface area contributed by atoms with Crippen LogP contribution in [0.3, 0.4) is 0 Å². The van der Waals surface area contributed by atoms with E-state index in [-0.39, 0.29) is 11.8 Å². The van der Waals surface area contributed by atoms with Gasteiger partial charge in [0.25, 0.3) is 0 Å². The van der Waals surface area contributed by atoms with Crippen LogP contribution in [-0.2, 0) is 22.4 Å². The maximum Gasteiger partial charge on any atom is 0.228 e. The summed E-state index contributed by atoms with van der Waals surface area (Å²) >= 11 is 0. The molecule has 29 heavy (non-hydrogen) atoms. The highest BCUT2D eigenvalue weighted by molar-refractivity contribution is 5.99. The molecule has 0 radical (unpaired) electrons. The van der Waals surface area contributed by atoms with E-state index in [1.807, 2.05) is 30.3 Å². The molecule has 0 fully saturated rings. The summed E-state index contributed by atoms with van der Waals surface area (Å²) in [5.41, 5.74) is 3.69. The van der Waals surface area contributed by atoms with Crippen molar-refractivity contribution in [2.75, 3.05) is 24.4 Å². The average molecular weight is 396 g/mol. The fraction of sp³-hybridized carbons (Fsp3) is 0.391. The number of carbonyl (C=O) groups excluding carboxylic acids is 2. The number of methoxy groups -OCH3 is 1. The fourth-order valence-electron chi connectivity index (χ4n) is 3.29. The molecule has 2 amide bonds. The molecule has 3 rings (SSSR count). The second kappa shape index (κ2) is 9.96. The van der Waals surface area contributed by atoms with E-state index in [1.54, 1.807) is 13.2 Å². The SMILES string of the molecule is CCCCOc1ccc(OC)cc1NC(=O)CCCc1ccc2c(c1)CC(=O)N2. The first-order chi connectivity index (χ1) is 14.1. The summed E-state index contributed by atoms with van der Waals surface area (Å²) < 4.78 is 11.1. The van der Waals surface area contributed by atoms with Gasteiger partial charge in [-0.25, -0.2) is 0 Å². The van der Waals surface area contributed by atoms with Gasteiger partial charge in [-0.1, -0.05) is 25.5 Å². The van der Waals surface area contributed by atoms with Gasteiger partial charge in [-0.2, -0.15) is 0 Å². The van der Waals surface area contributed by atoms with Gasteiger partial charge in [-0.3, -0.25) is 9.59 Å². The van der Waals surface area contributed by atoms with E-state index in [2.05, 4.69) is 17.6 Å². The van der Waals surface area contributed by atoms with Gasteiger partial charge < -0.3 is 20.1 Å². The van der Waals surface area contributed by atoms with Crippen molar-refractivity contribution in [1.82, 2.24) is 0 Å². The first-order valence-corrected chi connectivity index (χ1v) is 10.1. The molecule has 0 atom stereocenters. The zero-order valence-electron chi connectivity index (χ0n) is 17.0. The minimum Gasteiger partial charge on any atom is -0.497 e. The molecule has 0 bridgehead atoms. The van der Waals surface area contributed by atoms with Crippen molar-refractivity contribution in [2.45, 2.75) is 45.4 Å². The van der Waals surface area contributed by atoms with Crippen molar-refractivity contribution in [3.63, 3.8) is 0 Å². The highest BCUT2D eigenvalue weighted by Gasteiger charge is 2.17. The molecular formula is C23H28N2O4. The number of carbonyl (C=O) groups is 2. The predicted octanol–water partition coefficient (Wildman–Crippen LogP) is 4.33. The van der Waals surface area contributed by atoms with Crippen LogP contribution in [0.25, 0.3) is 0 Å². The maximum atomic E-state index is 12.5. The lowest BCUT2D eigenvalue weighted by Gasteiger charge is -2.14. The highest BCUT2D eigenvalue weighted by atomic mass is 16.5. The first-order valence-electron chi connectivity index (χ1n) is 10.1. The zero-order chi connectivity index (χ0) is 20.6. The summed E-state index contributed by atoms with van der Waals surface area (Å²) in [4.78, 5) is 23.9. The van der Waals surface area contributed by atoms with Crippen molar-refractivity contribution in [2.24, 2.45) is 0 Å². The normalized spacial score (nSPS) is 12.3. The van der Waals surface area contributed by atoms with Crippen LogP contribution in [0, 0.1) is 0 Å². The third-order valence-corrected chi connectivity index (χ3v) is 4.88. The fourth-order valence-corrected chi connectivity index (χ4v) is 3.29. The van der Waals surface area contributed by atoms with Gasteiger partial charge in [-0.15, -0.1) is 0 Å². The summed E-state index contributed by atoms with van der Waals surface area (Å²) in [6, 6.07) is 11.4. The number of aryl methyl sites for hydroxylation is 1. The van der Waals surface area contributed by atoms with E-state index < -0.39 is 0 Å². The number of unbranched alkanes of at least 4 members (excludes halogenated alkanes) is 1. The average Bonchev–Trinajstić information content (AvgIpc) is 3.08. The number of hydrogen-bond donors (Lipinski definition) is 2. The Bertz CT molecular complexity index is 879. The molecule has 2 aromatic rings. The molecule has 0 spiro atoms.